The number of nitrogens with one attached hydrogen (secondary N) is 1. The second-order valence-corrected chi connectivity index (χ2v) is 5.43. The van der Waals surface area contributed by atoms with Crippen LogP contribution in [0.2, 0.25) is 0 Å². The highest BCUT2D eigenvalue weighted by Gasteiger charge is 2.25. The van der Waals surface area contributed by atoms with Gasteiger partial charge in [0.1, 0.15) is 0 Å². The van der Waals surface area contributed by atoms with Crippen LogP contribution in [0, 0.1) is 9.87 Å². The Morgan fingerprint density at radius 2 is 2.43 bits per heavy atom. The van der Waals surface area contributed by atoms with Crippen molar-refractivity contribution in [3.05, 3.63) is 3.95 Å². The molecule has 1 N–H and O–H groups in total. The van der Waals surface area contributed by atoms with Crippen LogP contribution >= 0.6 is 23.6 Å². The van der Waals surface area contributed by atoms with E-state index in [2.05, 4.69) is 22.0 Å². The first kappa shape index (κ1) is 10.1. The summed E-state index contributed by atoms with van der Waals surface area (Å²) in [6.45, 7) is 4.45. The fourth-order valence-electron chi connectivity index (χ4n) is 1.50. The van der Waals surface area contributed by atoms with Crippen molar-refractivity contribution in [3.8, 4) is 0 Å². The SMILES string of the molecule is CCCN(CC1CC1)c1n[nH]c(=S)s1. The van der Waals surface area contributed by atoms with E-state index in [1.165, 1.54) is 19.3 Å². The lowest BCUT2D eigenvalue weighted by Crippen LogP contribution is -2.26. The quantitative estimate of drug-likeness (QED) is 0.788. The first-order chi connectivity index (χ1) is 6.79. The maximum Gasteiger partial charge on any atom is 0.206 e. The van der Waals surface area contributed by atoms with E-state index in [1.807, 2.05) is 0 Å². The van der Waals surface area contributed by atoms with Crippen molar-refractivity contribution in [2.45, 2.75) is 26.2 Å². The van der Waals surface area contributed by atoms with Gasteiger partial charge in [0.15, 0.2) is 3.95 Å². The van der Waals surface area contributed by atoms with Crippen molar-refractivity contribution < 1.29 is 0 Å². The third-order valence-electron chi connectivity index (χ3n) is 2.37. The Hall–Kier alpha value is -0.420. The molecule has 1 aromatic rings. The summed E-state index contributed by atoms with van der Waals surface area (Å²) < 4.78 is 0.775. The molecule has 0 saturated heterocycles. The molecule has 1 fully saturated rings. The van der Waals surface area contributed by atoms with Crippen LogP contribution in [0.15, 0.2) is 0 Å². The Bertz CT molecular complexity index is 340. The number of rotatable bonds is 5. The monoisotopic (exact) mass is 229 g/mol. The molecule has 0 unspecified atom stereocenters. The van der Waals surface area contributed by atoms with Crippen molar-refractivity contribution >= 4 is 28.7 Å². The van der Waals surface area contributed by atoms with Gasteiger partial charge in [0, 0.05) is 13.1 Å². The van der Waals surface area contributed by atoms with Crippen LogP contribution in [0.3, 0.4) is 0 Å². The van der Waals surface area contributed by atoms with Gasteiger partial charge in [-0.05, 0) is 37.4 Å². The molecule has 1 aromatic heterocycles. The van der Waals surface area contributed by atoms with Crippen molar-refractivity contribution in [3.63, 3.8) is 0 Å². The third-order valence-corrected chi connectivity index (χ3v) is 3.52. The molecule has 0 spiro atoms. The van der Waals surface area contributed by atoms with Crippen LogP contribution < -0.4 is 4.90 Å². The van der Waals surface area contributed by atoms with Crippen molar-refractivity contribution in [1.29, 1.82) is 0 Å². The Morgan fingerprint density at radius 3 is 2.93 bits per heavy atom. The van der Waals surface area contributed by atoms with Crippen LogP contribution in [-0.4, -0.2) is 23.3 Å². The van der Waals surface area contributed by atoms with Gasteiger partial charge in [0.05, 0.1) is 0 Å². The van der Waals surface area contributed by atoms with Crippen molar-refractivity contribution in [1.82, 2.24) is 10.2 Å². The van der Waals surface area contributed by atoms with Gasteiger partial charge >= 0.3 is 0 Å². The number of hydrogen-bond donors (Lipinski definition) is 1. The molecular formula is C9H15N3S2. The van der Waals surface area contributed by atoms with Gasteiger partial charge in [-0.15, -0.1) is 5.10 Å². The van der Waals surface area contributed by atoms with E-state index >= 15 is 0 Å². The Labute approximate surface area is 93.1 Å². The van der Waals surface area contributed by atoms with Crippen LogP contribution in [0.4, 0.5) is 5.13 Å². The molecule has 0 aromatic carbocycles. The molecule has 1 heterocycles. The highest BCUT2D eigenvalue weighted by atomic mass is 32.1. The van der Waals surface area contributed by atoms with E-state index in [0.717, 1.165) is 28.1 Å². The second-order valence-electron chi connectivity index (χ2n) is 3.79. The van der Waals surface area contributed by atoms with E-state index in [9.17, 15) is 0 Å². The largest absolute Gasteiger partial charge is 0.346 e. The summed E-state index contributed by atoms with van der Waals surface area (Å²) >= 11 is 6.62. The summed E-state index contributed by atoms with van der Waals surface area (Å²) in [4.78, 5) is 2.36. The topological polar surface area (TPSA) is 31.9 Å². The summed E-state index contributed by atoms with van der Waals surface area (Å²) in [7, 11) is 0. The van der Waals surface area contributed by atoms with Gasteiger partial charge in [0.2, 0.25) is 5.13 Å². The Kier molecular flexibility index (Phi) is 3.18. The third kappa shape index (κ3) is 2.54. The molecule has 0 radical (unpaired) electrons. The molecular weight excluding hydrogens is 214 g/mol. The fraction of sp³-hybridized carbons (Fsp3) is 0.778. The van der Waals surface area contributed by atoms with E-state index in [-0.39, 0.29) is 0 Å². The minimum atomic E-state index is 0.775. The molecule has 5 heteroatoms. The highest BCUT2D eigenvalue weighted by molar-refractivity contribution is 7.73. The average Bonchev–Trinajstić information content (AvgIpc) is 2.87. The van der Waals surface area contributed by atoms with E-state index < -0.39 is 0 Å². The fourth-order valence-corrected chi connectivity index (χ4v) is 2.42. The molecule has 3 nitrogen and oxygen atoms in total. The maximum atomic E-state index is 5.04. The number of anilines is 1. The number of H-pyrrole nitrogens is 1. The molecule has 1 aliphatic rings. The van der Waals surface area contributed by atoms with Crippen LogP contribution in [0.5, 0.6) is 0 Å². The maximum absolute atomic E-state index is 5.04. The molecule has 0 atom stereocenters. The predicted octanol–water partition coefficient (Wildman–Crippen LogP) is 2.83. The molecule has 78 valence electrons. The number of aromatic amines is 1. The lowest BCUT2D eigenvalue weighted by molar-refractivity contribution is 0.702. The Morgan fingerprint density at radius 1 is 1.64 bits per heavy atom. The van der Waals surface area contributed by atoms with E-state index in [1.54, 1.807) is 11.3 Å². The molecule has 0 aliphatic heterocycles. The van der Waals surface area contributed by atoms with Crippen LogP contribution in [-0.2, 0) is 0 Å². The summed E-state index contributed by atoms with van der Waals surface area (Å²) in [5, 5.41) is 8.13. The van der Waals surface area contributed by atoms with Crippen molar-refractivity contribution in [2.75, 3.05) is 18.0 Å². The summed E-state index contributed by atoms with van der Waals surface area (Å²) in [5.41, 5.74) is 0. The Balaban J connectivity index is 2.04. The first-order valence-electron chi connectivity index (χ1n) is 5.10. The van der Waals surface area contributed by atoms with Gasteiger partial charge in [-0.1, -0.05) is 18.3 Å². The molecule has 2 rings (SSSR count). The van der Waals surface area contributed by atoms with Gasteiger partial charge < -0.3 is 4.90 Å². The highest BCUT2D eigenvalue weighted by Crippen LogP contribution is 2.31. The molecule has 14 heavy (non-hydrogen) atoms. The number of nitrogens with zero attached hydrogens (tertiary/aromatic N) is 2. The minimum absolute atomic E-state index is 0.775. The van der Waals surface area contributed by atoms with Crippen LogP contribution in [0.25, 0.3) is 0 Å². The lowest BCUT2D eigenvalue weighted by atomic mass is 10.3. The van der Waals surface area contributed by atoms with Gasteiger partial charge in [-0.25, -0.2) is 0 Å². The van der Waals surface area contributed by atoms with Gasteiger partial charge in [-0.2, -0.15) is 0 Å². The zero-order chi connectivity index (χ0) is 9.97. The second kappa shape index (κ2) is 4.40. The number of aromatic nitrogens is 2. The van der Waals surface area contributed by atoms with Crippen molar-refractivity contribution in [2.24, 2.45) is 5.92 Å². The smallest absolute Gasteiger partial charge is 0.206 e. The zero-order valence-electron chi connectivity index (χ0n) is 8.32. The summed E-state index contributed by atoms with van der Waals surface area (Å²) in [5.74, 6) is 0.902. The normalized spacial score (nSPS) is 15.8. The number of hydrogen-bond acceptors (Lipinski definition) is 4. The van der Waals surface area contributed by atoms with E-state index in [4.69, 9.17) is 12.2 Å². The molecule has 1 saturated carbocycles. The van der Waals surface area contributed by atoms with Gasteiger partial charge in [-0.3, -0.25) is 5.10 Å². The zero-order valence-corrected chi connectivity index (χ0v) is 9.96. The van der Waals surface area contributed by atoms with Crippen LogP contribution in [0.1, 0.15) is 26.2 Å². The standard InChI is InChI=1S/C9H15N3S2/c1-2-5-12(6-7-3-4-7)8-10-11-9(13)14-8/h7H,2-6H2,1H3,(H,11,13). The lowest BCUT2D eigenvalue weighted by Gasteiger charge is -2.19. The van der Waals surface area contributed by atoms with Gasteiger partial charge in [0.25, 0.3) is 0 Å². The summed E-state index contributed by atoms with van der Waals surface area (Å²) in [6, 6.07) is 0. The minimum Gasteiger partial charge on any atom is -0.346 e. The molecule has 0 bridgehead atoms. The molecule has 0 amide bonds. The van der Waals surface area contributed by atoms with E-state index in [0.29, 0.717) is 0 Å². The average molecular weight is 229 g/mol. The first-order valence-corrected chi connectivity index (χ1v) is 6.32. The summed E-state index contributed by atoms with van der Waals surface area (Å²) in [6.07, 6.45) is 3.94. The predicted molar refractivity (Wildman–Crippen MR) is 62.5 cm³/mol. The molecule has 1 aliphatic carbocycles.